The molecule has 0 aromatic heterocycles. The lowest BCUT2D eigenvalue weighted by Crippen LogP contribution is -2.17. The van der Waals surface area contributed by atoms with E-state index in [2.05, 4.69) is 10.8 Å². The number of allylic oxidation sites excluding steroid dienone is 1. The minimum Gasteiger partial charge on any atom is -0.377 e. The highest BCUT2D eigenvalue weighted by molar-refractivity contribution is 7.92. The van der Waals surface area contributed by atoms with Crippen molar-refractivity contribution in [3.63, 3.8) is 0 Å². The zero-order chi connectivity index (χ0) is 18.0. The van der Waals surface area contributed by atoms with Gasteiger partial charge in [0.05, 0.1) is 16.7 Å². The van der Waals surface area contributed by atoms with Crippen LogP contribution < -0.4 is 4.72 Å². The lowest BCUT2D eigenvalue weighted by molar-refractivity contribution is 0.148. The van der Waals surface area contributed by atoms with Crippen LogP contribution >= 0.6 is 0 Å². The summed E-state index contributed by atoms with van der Waals surface area (Å²) in [6.45, 7) is 3.84. The van der Waals surface area contributed by atoms with Crippen molar-refractivity contribution >= 4 is 21.3 Å². The fourth-order valence-electron chi connectivity index (χ4n) is 3.16. The maximum atomic E-state index is 12.8. The first-order chi connectivity index (χ1) is 11.9. The van der Waals surface area contributed by atoms with Gasteiger partial charge in [0.25, 0.3) is 10.0 Å². The van der Waals surface area contributed by atoms with Gasteiger partial charge in [0.15, 0.2) is 0 Å². The van der Waals surface area contributed by atoms with E-state index in [1.807, 2.05) is 32.0 Å². The van der Waals surface area contributed by atoms with Gasteiger partial charge in [-0.25, -0.2) is 8.42 Å². The van der Waals surface area contributed by atoms with Crippen molar-refractivity contribution in [2.24, 2.45) is 0 Å². The van der Waals surface area contributed by atoms with Gasteiger partial charge < -0.3 is 4.74 Å². The molecule has 0 aliphatic heterocycles. The summed E-state index contributed by atoms with van der Waals surface area (Å²) in [7, 11) is -1.96. The number of benzene rings is 2. The van der Waals surface area contributed by atoms with Gasteiger partial charge in [-0.1, -0.05) is 42.0 Å². The fraction of sp³-hybridized carbons (Fsp3) is 0.300. The van der Waals surface area contributed by atoms with Crippen LogP contribution in [-0.4, -0.2) is 21.6 Å². The van der Waals surface area contributed by atoms with E-state index in [1.165, 1.54) is 0 Å². The molecule has 0 bridgehead atoms. The quantitative estimate of drug-likeness (QED) is 0.868. The van der Waals surface area contributed by atoms with Crippen LogP contribution in [0.15, 0.2) is 53.4 Å². The van der Waals surface area contributed by atoms with Crippen molar-refractivity contribution in [3.8, 4) is 0 Å². The van der Waals surface area contributed by atoms with E-state index in [-0.39, 0.29) is 11.0 Å². The molecule has 3 rings (SSSR count). The molecular weight excluding hydrogens is 334 g/mol. The molecule has 0 spiro atoms. The van der Waals surface area contributed by atoms with E-state index < -0.39 is 10.0 Å². The molecule has 132 valence electrons. The van der Waals surface area contributed by atoms with Crippen molar-refractivity contribution in [3.05, 3.63) is 65.2 Å². The van der Waals surface area contributed by atoms with E-state index in [4.69, 9.17) is 4.74 Å². The number of para-hydroxylation sites is 1. The smallest absolute Gasteiger partial charge is 0.261 e. The summed E-state index contributed by atoms with van der Waals surface area (Å²) in [4.78, 5) is 0.260. The standard InChI is InChI=1S/C20H23NO3S/c1-14-10-12-16(13-11-14)25(22,23)21-20-15(2)6-4-8-18(20)17-7-5-9-19(17)24-3/h4,6-8,10-13,19,21H,5,9H2,1-3H3. The maximum absolute atomic E-state index is 12.8. The van der Waals surface area contributed by atoms with Crippen molar-refractivity contribution < 1.29 is 13.2 Å². The molecule has 0 heterocycles. The van der Waals surface area contributed by atoms with Gasteiger partial charge in [-0.05, 0) is 50.0 Å². The number of methoxy groups -OCH3 is 1. The summed E-state index contributed by atoms with van der Waals surface area (Å²) in [5.74, 6) is 0. The zero-order valence-electron chi connectivity index (χ0n) is 14.7. The van der Waals surface area contributed by atoms with Crippen molar-refractivity contribution in [1.29, 1.82) is 0 Å². The molecular formula is C20H23NO3S. The number of rotatable bonds is 5. The van der Waals surface area contributed by atoms with Crippen molar-refractivity contribution in [2.45, 2.75) is 37.7 Å². The molecule has 4 nitrogen and oxygen atoms in total. The largest absolute Gasteiger partial charge is 0.377 e. The van der Waals surface area contributed by atoms with Crippen molar-refractivity contribution in [2.75, 3.05) is 11.8 Å². The van der Waals surface area contributed by atoms with Crippen molar-refractivity contribution in [1.82, 2.24) is 0 Å². The van der Waals surface area contributed by atoms with E-state index in [9.17, 15) is 8.42 Å². The van der Waals surface area contributed by atoms with E-state index in [0.29, 0.717) is 5.69 Å². The van der Waals surface area contributed by atoms with Crippen LogP contribution in [0.4, 0.5) is 5.69 Å². The Morgan fingerprint density at radius 2 is 1.80 bits per heavy atom. The summed E-state index contributed by atoms with van der Waals surface area (Å²) < 4.78 is 34.0. The third-order valence-corrected chi connectivity index (χ3v) is 5.94. The summed E-state index contributed by atoms with van der Waals surface area (Å²) in [6, 6.07) is 12.7. The van der Waals surface area contributed by atoms with Crippen LogP contribution in [0.25, 0.3) is 5.57 Å². The van der Waals surface area contributed by atoms with Gasteiger partial charge in [0, 0.05) is 12.7 Å². The predicted octanol–water partition coefficient (Wildman–Crippen LogP) is 4.30. The van der Waals surface area contributed by atoms with Gasteiger partial charge >= 0.3 is 0 Å². The number of anilines is 1. The Morgan fingerprint density at radius 1 is 1.08 bits per heavy atom. The third kappa shape index (κ3) is 3.62. The topological polar surface area (TPSA) is 55.4 Å². The SMILES string of the molecule is COC1CCC=C1c1cccc(C)c1NS(=O)(=O)c1ccc(C)cc1. The Bertz CT molecular complexity index is 899. The number of sulfonamides is 1. The number of ether oxygens (including phenoxy) is 1. The lowest BCUT2D eigenvalue weighted by Gasteiger charge is -2.19. The molecule has 2 aromatic carbocycles. The molecule has 0 saturated carbocycles. The minimum absolute atomic E-state index is 0.00410. The highest BCUT2D eigenvalue weighted by Gasteiger charge is 2.25. The summed E-state index contributed by atoms with van der Waals surface area (Å²) >= 11 is 0. The molecule has 1 N–H and O–H groups in total. The van der Waals surface area contributed by atoms with Crippen LogP contribution in [0.3, 0.4) is 0 Å². The zero-order valence-corrected chi connectivity index (χ0v) is 15.6. The molecule has 1 unspecified atom stereocenters. The number of hydrogen-bond donors (Lipinski definition) is 1. The molecule has 1 aliphatic rings. The molecule has 2 aromatic rings. The molecule has 25 heavy (non-hydrogen) atoms. The molecule has 0 saturated heterocycles. The Hall–Kier alpha value is -2.11. The number of nitrogens with one attached hydrogen (secondary N) is 1. The lowest BCUT2D eigenvalue weighted by atomic mass is 9.99. The van der Waals surface area contributed by atoms with Crippen LogP contribution in [0.1, 0.15) is 29.5 Å². The molecule has 0 fully saturated rings. The van der Waals surface area contributed by atoms with Crippen LogP contribution in [-0.2, 0) is 14.8 Å². The average molecular weight is 357 g/mol. The maximum Gasteiger partial charge on any atom is 0.261 e. The van der Waals surface area contributed by atoms with E-state index >= 15 is 0 Å². The van der Waals surface area contributed by atoms with E-state index in [1.54, 1.807) is 31.4 Å². The summed E-state index contributed by atoms with van der Waals surface area (Å²) in [5, 5.41) is 0. The monoisotopic (exact) mass is 357 g/mol. The molecule has 1 aliphatic carbocycles. The molecule has 0 radical (unpaired) electrons. The first-order valence-electron chi connectivity index (χ1n) is 8.34. The normalized spacial score (nSPS) is 17.4. The predicted molar refractivity (Wildman–Crippen MR) is 101 cm³/mol. The Labute approximate surface area is 149 Å². The van der Waals surface area contributed by atoms with Gasteiger partial charge in [-0.15, -0.1) is 0 Å². The second-order valence-corrected chi connectivity index (χ2v) is 8.06. The van der Waals surface area contributed by atoms with Gasteiger partial charge in [0.1, 0.15) is 0 Å². The fourth-order valence-corrected chi connectivity index (χ4v) is 4.31. The van der Waals surface area contributed by atoms with Gasteiger partial charge in [-0.3, -0.25) is 4.72 Å². The number of hydrogen-bond acceptors (Lipinski definition) is 3. The molecule has 1 atom stereocenters. The third-order valence-electron chi connectivity index (χ3n) is 4.58. The Balaban J connectivity index is 2.02. The van der Waals surface area contributed by atoms with Gasteiger partial charge in [-0.2, -0.15) is 0 Å². The number of aryl methyl sites for hydroxylation is 2. The Morgan fingerprint density at radius 3 is 2.48 bits per heavy atom. The first kappa shape index (κ1) is 17.7. The second-order valence-electron chi connectivity index (χ2n) is 6.38. The Kier molecular flexibility index (Phi) is 4.97. The van der Waals surface area contributed by atoms with Crippen LogP contribution in [0, 0.1) is 13.8 Å². The summed E-state index contributed by atoms with van der Waals surface area (Å²) in [6.07, 6.45) is 3.99. The van der Waals surface area contributed by atoms with Gasteiger partial charge in [0.2, 0.25) is 0 Å². The van der Waals surface area contributed by atoms with Crippen LogP contribution in [0.5, 0.6) is 0 Å². The molecule has 0 amide bonds. The first-order valence-corrected chi connectivity index (χ1v) is 9.83. The van der Waals surface area contributed by atoms with E-state index in [0.717, 1.165) is 35.1 Å². The summed E-state index contributed by atoms with van der Waals surface area (Å²) in [5.41, 5.74) is 4.47. The average Bonchev–Trinajstić information content (AvgIpc) is 3.05. The highest BCUT2D eigenvalue weighted by atomic mass is 32.2. The molecule has 5 heteroatoms. The minimum atomic E-state index is -3.65. The van der Waals surface area contributed by atoms with Crippen LogP contribution in [0.2, 0.25) is 0 Å². The second kappa shape index (κ2) is 7.02. The highest BCUT2D eigenvalue weighted by Crippen LogP contribution is 2.36.